The fourth-order valence-corrected chi connectivity index (χ4v) is 3.48. The molecule has 1 fully saturated rings. The number of amides is 1. The first kappa shape index (κ1) is 17.7. The van der Waals surface area contributed by atoms with E-state index in [0.29, 0.717) is 5.39 Å². The molecule has 0 spiro atoms. The van der Waals surface area contributed by atoms with Crippen molar-refractivity contribution in [3.05, 3.63) is 47.5 Å². The molecule has 3 nitrogen and oxygen atoms in total. The lowest BCUT2D eigenvalue weighted by molar-refractivity contribution is -0.203. The fraction of sp³-hybridized carbons (Fsp3) is 0.421. The van der Waals surface area contributed by atoms with Gasteiger partial charge in [0.05, 0.1) is 0 Å². The van der Waals surface area contributed by atoms with Crippen molar-refractivity contribution in [2.45, 2.75) is 51.4 Å². The van der Waals surface area contributed by atoms with Crippen LogP contribution in [0, 0.1) is 0 Å². The smallest absolute Gasteiger partial charge is 0.287 e. The van der Waals surface area contributed by atoms with Crippen molar-refractivity contribution >= 4 is 16.7 Å². The quantitative estimate of drug-likeness (QED) is 0.883. The van der Waals surface area contributed by atoms with Crippen molar-refractivity contribution in [1.29, 1.82) is 0 Å². The van der Waals surface area contributed by atoms with E-state index in [1.165, 1.54) is 6.07 Å². The van der Waals surface area contributed by atoms with Gasteiger partial charge in [-0.2, -0.15) is 18.2 Å². The van der Waals surface area contributed by atoms with Gasteiger partial charge in [-0.3, -0.25) is 10.2 Å². The van der Waals surface area contributed by atoms with Gasteiger partial charge >= 0.3 is 6.18 Å². The van der Waals surface area contributed by atoms with Crippen LogP contribution in [0.4, 0.5) is 13.2 Å². The van der Waals surface area contributed by atoms with Crippen LogP contribution in [-0.4, -0.2) is 22.6 Å². The second kappa shape index (κ2) is 6.02. The molecule has 2 aromatic rings. The summed E-state index contributed by atoms with van der Waals surface area (Å²) in [5.74, 6) is -0.395. The van der Waals surface area contributed by atoms with Gasteiger partial charge in [-0.25, -0.2) is 0 Å². The molecule has 1 saturated heterocycles. The zero-order valence-electron chi connectivity index (χ0n) is 14.4. The van der Waals surface area contributed by atoms with Gasteiger partial charge in [0.2, 0.25) is 5.91 Å². The van der Waals surface area contributed by atoms with E-state index in [0.717, 1.165) is 22.4 Å². The fourth-order valence-electron chi connectivity index (χ4n) is 3.48. The van der Waals surface area contributed by atoms with Crippen molar-refractivity contribution in [3.8, 4) is 0 Å². The summed E-state index contributed by atoms with van der Waals surface area (Å²) in [7, 11) is 0. The summed E-state index contributed by atoms with van der Waals surface area (Å²) in [4.78, 5) is 11.8. The van der Waals surface area contributed by atoms with Gasteiger partial charge in [0, 0.05) is 12.0 Å². The van der Waals surface area contributed by atoms with E-state index in [1.807, 2.05) is 25.1 Å². The molecular weight excluding hydrogens is 329 g/mol. The van der Waals surface area contributed by atoms with Gasteiger partial charge in [-0.05, 0) is 42.2 Å². The van der Waals surface area contributed by atoms with E-state index < -0.39 is 23.7 Å². The molecule has 6 heteroatoms. The zero-order chi connectivity index (χ0) is 18.4. The lowest BCUT2D eigenvalue weighted by Crippen LogP contribution is -2.51. The minimum Gasteiger partial charge on any atom is -0.287 e. The molecule has 1 amide bonds. The molecule has 1 unspecified atom stereocenters. The van der Waals surface area contributed by atoms with Crippen molar-refractivity contribution in [1.82, 2.24) is 10.4 Å². The summed E-state index contributed by atoms with van der Waals surface area (Å²) in [6, 6.07) is 8.63. The Labute approximate surface area is 144 Å². The molecule has 2 aromatic carbocycles. The number of rotatable bonds is 3. The van der Waals surface area contributed by atoms with Crippen molar-refractivity contribution in [2.24, 2.45) is 0 Å². The SMILES string of the molecule is CCc1ccc2cccc(C(N3NC(=O)CC3(C)C)C(F)(F)F)c2c1. The van der Waals surface area contributed by atoms with Crippen LogP contribution in [0.1, 0.15) is 44.4 Å². The largest absolute Gasteiger partial charge is 0.409 e. The molecule has 1 aliphatic heterocycles. The monoisotopic (exact) mass is 350 g/mol. The molecule has 1 atom stereocenters. The summed E-state index contributed by atoms with van der Waals surface area (Å²) in [5, 5.41) is 2.39. The van der Waals surface area contributed by atoms with Gasteiger partial charge in [0.1, 0.15) is 0 Å². The summed E-state index contributed by atoms with van der Waals surface area (Å²) in [6.45, 7) is 5.26. The van der Waals surface area contributed by atoms with Crippen LogP contribution in [0.2, 0.25) is 0 Å². The third-order valence-corrected chi connectivity index (χ3v) is 4.74. The number of halogens is 3. The average molecular weight is 350 g/mol. The molecule has 1 aliphatic rings. The number of hydrazine groups is 1. The van der Waals surface area contributed by atoms with E-state index in [9.17, 15) is 18.0 Å². The maximum Gasteiger partial charge on any atom is 0.409 e. The van der Waals surface area contributed by atoms with Gasteiger partial charge in [0.25, 0.3) is 0 Å². The molecule has 0 saturated carbocycles. The maximum absolute atomic E-state index is 14.0. The molecule has 1 heterocycles. The predicted molar refractivity (Wildman–Crippen MR) is 90.8 cm³/mol. The van der Waals surface area contributed by atoms with Crippen molar-refractivity contribution in [2.75, 3.05) is 0 Å². The van der Waals surface area contributed by atoms with Gasteiger partial charge in [-0.15, -0.1) is 0 Å². The molecule has 0 bridgehead atoms. The van der Waals surface area contributed by atoms with E-state index >= 15 is 0 Å². The highest BCUT2D eigenvalue weighted by atomic mass is 19.4. The third kappa shape index (κ3) is 3.23. The molecule has 0 aromatic heterocycles. The average Bonchev–Trinajstić information content (AvgIpc) is 2.78. The number of aryl methyl sites for hydroxylation is 1. The standard InChI is InChI=1S/C19H21F3N2O/c1-4-12-8-9-13-6-5-7-14(15(13)10-12)17(19(20,21)22)24-18(2,3)11-16(25)23-24/h5-10,17H,4,11H2,1-3H3,(H,23,25). The summed E-state index contributed by atoms with van der Waals surface area (Å²) >= 11 is 0. The predicted octanol–water partition coefficient (Wildman–Crippen LogP) is 4.52. The summed E-state index contributed by atoms with van der Waals surface area (Å²) in [6.07, 6.45) is -3.75. The third-order valence-electron chi connectivity index (χ3n) is 4.74. The Morgan fingerprint density at radius 2 is 1.96 bits per heavy atom. The molecule has 0 aliphatic carbocycles. The number of fused-ring (bicyclic) bond motifs is 1. The van der Waals surface area contributed by atoms with Gasteiger partial charge in [-0.1, -0.05) is 43.3 Å². The molecule has 25 heavy (non-hydrogen) atoms. The van der Waals surface area contributed by atoms with Crippen molar-refractivity contribution < 1.29 is 18.0 Å². The van der Waals surface area contributed by atoms with Crippen LogP contribution in [0.5, 0.6) is 0 Å². The highest BCUT2D eigenvalue weighted by Gasteiger charge is 2.53. The minimum absolute atomic E-state index is 0.0323. The van der Waals surface area contributed by atoms with Crippen LogP contribution in [0.3, 0.4) is 0 Å². The first-order valence-corrected chi connectivity index (χ1v) is 8.30. The lowest BCUT2D eigenvalue weighted by atomic mass is 9.93. The van der Waals surface area contributed by atoms with E-state index in [4.69, 9.17) is 0 Å². The number of nitrogens with one attached hydrogen (secondary N) is 1. The number of benzene rings is 2. The number of carbonyl (C=O) groups is 1. The molecule has 134 valence electrons. The normalized spacial score (nSPS) is 19.2. The first-order chi connectivity index (χ1) is 11.6. The molecule has 0 radical (unpaired) electrons. The molecule has 3 rings (SSSR count). The Morgan fingerprint density at radius 3 is 2.52 bits per heavy atom. The van der Waals surface area contributed by atoms with Crippen LogP contribution >= 0.6 is 0 Å². The summed E-state index contributed by atoms with van der Waals surface area (Å²) in [5.41, 5.74) is 2.63. The first-order valence-electron chi connectivity index (χ1n) is 8.30. The van der Waals surface area contributed by atoms with Crippen molar-refractivity contribution in [3.63, 3.8) is 0 Å². The van der Waals surface area contributed by atoms with Crippen LogP contribution < -0.4 is 5.43 Å². The number of carbonyl (C=O) groups excluding carboxylic acids is 1. The van der Waals surface area contributed by atoms with Crippen LogP contribution in [-0.2, 0) is 11.2 Å². The lowest BCUT2D eigenvalue weighted by Gasteiger charge is -2.38. The topological polar surface area (TPSA) is 32.3 Å². The highest BCUT2D eigenvalue weighted by molar-refractivity contribution is 5.87. The number of hydrogen-bond donors (Lipinski definition) is 1. The maximum atomic E-state index is 14.0. The number of nitrogens with zero attached hydrogens (tertiary/aromatic N) is 1. The van der Waals surface area contributed by atoms with Gasteiger partial charge < -0.3 is 0 Å². The van der Waals surface area contributed by atoms with E-state index in [2.05, 4.69) is 5.43 Å². The molecular formula is C19H21F3N2O. The van der Waals surface area contributed by atoms with Crippen LogP contribution in [0.15, 0.2) is 36.4 Å². The Bertz CT molecular complexity index is 814. The number of alkyl halides is 3. The van der Waals surface area contributed by atoms with Crippen LogP contribution in [0.25, 0.3) is 10.8 Å². The molecule has 1 N–H and O–H groups in total. The van der Waals surface area contributed by atoms with E-state index in [1.54, 1.807) is 26.0 Å². The summed E-state index contributed by atoms with van der Waals surface area (Å²) < 4.78 is 42.1. The number of hydrogen-bond acceptors (Lipinski definition) is 2. The minimum atomic E-state index is -4.52. The second-order valence-electron chi connectivity index (χ2n) is 7.09. The Kier molecular flexibility index (Phi) is 4.27. The van der Waals surface area contributed by atoms with Gasteiger partial charge in [0.15, 0.2) is 6.04 Å². The zero-order valence-corrected chi connectivity index (χ0v) is 14.4. The Hall–Kier alpha value is -2.08. The van der Waals surface area contributed by atoms with E-state index in [-0.39, 0.29) is 12.0 Å². The second-order valence-corrected chi connectivity index (χ2v) is 7.09. The highest BCUT2D eigenvalue weighted by Crippen LogP contribution is 2.44. The Balaban J connectivity index is 2.21. The Morgan fingerprint density at radius 1 is 1.24 bits per heavy atom.